The summed E-state index contributed by atoms with van der Waals surface area (Å²) >= 11 is 0. The summed E-state index contributed by atoms with van der Waals surface area (Å²) in [7, 11) is 1.89. The fraction of sp³-hybridized carbons (Fsp3) is 0.300. The summed E-state index contributed by atoms with van der Waals surface area (Å²) in [5.41, 5.74) is 3.30. The highest BCUT2D eigenvalue weighted by atomic mass is 16.4. The molecular weight excluding hydrogens is 330 g/mol. The van der Waals surface area contributed by atoms with E-state index < -0.39 is 5.97 Å². The number of fused-ring (bicyclic) bond motifs is 1. The first-order chi connectivity index (χ1) is 12.6. The molecule has 1 fully saturated rings. The number of phenolic OH excluding ortho intramolecular Hbond substituents is 1. The second-order valence-electron chi connectivity index (χ2n) is 6.80. The van der Waals surface area contributed by atoms with E-state index in [9.17, 15) is 15.0 Å². The van der Waals surface area contributed by atoms with Crippen LogP contribution in [-0.4, -0.2) is 43.7 Å². The van der Waals surface area contributed by atoms with Gasteiger partial charge in [0, 0.05) is 53.7 Å². The third-order valence-corrected chi connectivity index (χ3v) is 5.20. The van der Waals surface area contributed by atoms with Gasteiger partial charge in [0.2, 0.25) is 0 Å². The van der Waals surface area contributed by atoms with Crippen molar-refractivity contribution in [3.05, 3.63) is 47.9 Å². The van der Waals surface area contributed by atoms with E-state index in [2.05, 4.69) is 9.88 Å². The van der Waals surface area contributed by atoms with Crippen molar-refractivity contribution in [1.82, 2.24) is 14.5 Å². The Morgan fingerprint density at radius 2 is 2.04 bits per heavy atom. The number of hydrogen-bond acceptors (Lipinski definition) is 4. The third-order valence-electron chi connectivity index (χ3n) is 5.20. The van der Waals surface area contributed by atoms with Gasteiger partial charge in [-0.3, -0.25) is 9.88 Å². The minimum Gasteiger partial charge on any atom is -0.507 e. The second-order valence-corrected chi connectivity index (χ2v) is 6.80. The monoisotopic (exact) mass is 351 g/mol. The molecule has 1 aromatic carbocycles. The summed E-state index contributed by atoms with van der Waals surface area (Å²) in [4.78, 5) is 18.4. The summed E-state index contributed by atoms with van der Waals surface area (Å²) in [5.74, 6) is -0.898. The van der Waals surface area contributed by atoms with E-state index in [0.717, 1.165) is 42.7 Å². The van der Waals surface area contributed by atoms with Crippen LogP contribution in [0.15, 0.2) is 36.7 Å². The van der Waals surface area contributed by atoms with Crippen molar-refractivity contribution in [1.29, 1.82) is 0 Å². The zero-order valence-corrected chi connectivity index (χ0v) is 14.6. The van der Waals surface area contributed by atoms with Crippen LogP contribution in [0.25, 0.3) is 22.0 Å². The van der Waals surface area contributed by atoms with E-state index in [1.165, 1.54) is 0 Å². The number of carboxylic acid groups (broad SMARTS) is 1. The molecule has 0 amide bonds. The van der Waals surface area contributed by atoms with Crippen LogP contribution in [0.3, 0.4) is 0 Å². The molecule has 2 N–H and O–H groups in total. The number of carbonyl (C=O) groups is 1. The lowest BCUT2D eigenvalue weighted by Crippen LogP contribution is -2.21. The number of nitrogens with zero attached hydrogens (tertiary/aromatic N) is 3. The molecule has 1 aliphatic rings. The van der Waals surface area contributed by atoms with E-state index in [1.54, 1.807) is 18.5 Å². The third kappa shape index (κ3) is 2.72. The molecule has 1 aliphatic heterocycles. The van der Waals surface area contributed by atoms with Crippen LogP contribution < -0.4 is 0 Å². The number of carboxylic acids is 1. The van der Waals surface area contributed by atoms with Crippen molar-refractivity contribution >= 4 is 16.9 Å². The molecule has 0 atom stereocenters. The van der Waals surface area contributed by atoms with Crippen LogP contribution >= 0.6 is 0 Å². The highest BCUT2D eigenvalue weighted by Gasteiger charge is 2.25. The van der Waals surface area contributed by atoms with Gasteiger partial charge in [0.05, 0.1) is 5.56 Å². The molecule has 134 valence electrons. The van der Waals surface area contributed by atoms with Gasteiger partial charge in [0.1, 0.15) is 5.75 Å². The Morgan fingerprint density at radius 3 is 2.69 bits per heavy atom. The molecule has 0 spiro atoms. The van der Waals surface area contributed by atoms with Crippen LogP contribution in [0, 0.1) is 0 Å². The average molecular weight is 351 g/mol. The summed E-state index contributed by atoms with van der Waals surface area (Å²) < 4.78 is 1.94. The first-order valence-corrected chi connectivity index (χ1v) is 8.76. The second kappa shape index (κ2) is 6.46. The molecule has 0 aliphatic carbocycles. The smallest absolute Gasteiger partial charge is 0.338 e. The Balaban J connectivity index is 1.90. The predicted molar refractivity (Wildman–Crippen MR) is 99.3 cm³/mol. The van der Waals surface area contributed by atoms with Gasteiger partial charge >= 0.3 is 5.97 Å². The zero-order valence-electron chi connectivity index (χ0n) is 14.6. The molecule has 4 rings (SSSR count). The lowest BCUT2D eigenvalue weighted by Gasteiger charge is -2.16. The van der Waals surface area contributed by atoms with Crippen molar-refractivity contribution in [2.75, 3.05) is 13.1 Å². The van der Waals surface area contributed by atoms with Crippen LogP contribution in [0.5, 0.6) is 5.75 Å². The molecule has 1 saturated heterocycles. The van der Waals surface area contributed by atoms with Crippen molar-refractivity contribution < 1.29 is 15.0 Å². The number of aromatic nitrogens is 2. The number of aryl methyl sites for hydroxylation is 1. The molecule has 0 radical (unpaired) electrons. The fourth-order valence-corrected chi connectivity index (χ4v) is 3.85. The predicted octanol–water partition coefficient (Wildman–Crippen LogP) is 3.24. The van der Waals surface area contributed by atoms with E-state index in [-0.39, 0.29) is 11.3 Å². The van der Waals surface area contributed by atoms with Crippen LogP contribution in [0.4, 0.5) is 0 Å². The van der Waals surface area contributed by atoms with E-state index in [1.807, 2.05) is 29.8 Å². The first kappa shape index (κ1) is 16.6. The Bertz CT molecular complexity index is 973. The number of benzene rings is 1. The van der Waals surface area contributed by atoms with Crippen molar-refractivity contribution in [2.24, 2.45) is 7.05 Å². The lowest BCUT2D eigenvalue weighted by atomic mass is 10.0. The Labute approximate surface area is 151 Å². The lowest BCUT2D eigenvalue weighted by molar-refractivity contribution is 0.0696. The Hall–Kier alpha value is -2.86. The van der Waals surface area contributed by atoms with Gasteiger partial charge in [-0.05, 0) is 44.1 Å². The number of hydrogen-bond donors (Lipinski definition) is 2. The molecule has 0 saturated carbocycles. The van der Waals surface area contributed by atoms with Gasteiger partial charge < -0.3 is 14.8 Å². The molecule has 0 bridgehead atoms. The van der Waals surface area contributed by atoms with Crippen molar-refractivity contribution in [3.8, 4) is 16.9 Å². The van der Waals surface area contributed by atoms with E-state index >= 15 is 0 Å². The van der Waals surface area contributed by atoms with Gasteiger partial charge in [0.25, 0.3) is 0 Å². The van der Waals surface area contributed by atoms with Crippen molar-refractivity contribution in [2.45, 2.75) is 19.4 Å². The molecular formula is C20H21N3O3. The van der Waals surface area contributed by atoms with Crippen LogP contribution in [-0.2, 0) is 13.6 Å². The van der Waals surface area contributed by atoms with E-state index in [0.29, 0.717) is 17.5 Å². The highest BCUT2D eigenvalue weighted by Crippen LogP contribution is 2.37. The summed E-state index contributed by atoms with van der Waals surface area (Å²) in [5, 5.41) is 20.9. The standard InChI is InChI=1S/C20H21N3O3/c1-22-16-9-14(13-5-4-6-21-11-13)18(24)10-15(16)19(20(25)26)17(22)12-23-7-2-3-8-23/h4-6,9-11,24H,2-3,7-8,12H2,1H3,(H,25,26). The Kier molecular flexibility index (Phi) is 4.12. The molecule has 26 heavy (non-hydrogen) atoms. The number of likely N-dealkylation sites (tertiary alicyclic amines) is 1. The van der Waals surface area contributed by atoms with Crippen LogP contribution in [0.2, 0.25) is 0 Å². The SMILES string of the molecule is Cn1c(CN2CCCC2)c(C(=O)O)c2cc(O)c(-c3cccnc3)cc21. The van der Waals surface area contributed by atoms with Crippen molar-refractivity contribution in [3.63, 3.8) is 0 Å². The number of pyridine rings is 1. The zero-order chi connectivity index (χ0) is 18.3. The average Bonchev–Trinajstić information content (AvgIpc) is 3.22. The van der Waals surface area contributed by atoms with Gasteiger partial charge in [0.15, 0.2) is 0 Å². The largest absolute Gasteiger partial charge is 0.507 e. The molecule has 0 unspecified atom stereocenters. The number of phenols is 1. The van der Waals surface area contributed by atoms with Gasteiger partial charge in [-0.2, -0.15) is 0 Å². The number of rotatable bonds is 4. The quantitative estimate of drug-likeness (QED) is 0.754. The van der Waals surface area contributed by atoms with Gasteiger partial charge in [-0.15, -0.1) is 0 Å². The maximum Gasteiger partial charge on any atom is 0.338 e. The number of aromatic carboxylic acids is 1. The topological polar surface area (TPSA) is 78.6 Å². The number of aromatic hydroxyl groups is 1. The molecule has 2 aromatic heterocycles. The normalized spacial score (nSPS) is 15.0. The Morgan fingerprint density at radius 1 is 1.27 bits per heavy atom. The summed E-state index contributed by atoms with van der Waals surface area (Å²) in [6, 6.07) is 7.10. The van der Waals surface area contributed by atoms with Gasteiger partial charge in [-0.25, -0.2) is 4.79 Å². The molecule has 6 nitrogen and oxygen atoms in total. The van der Waals surface area contributed by atoms with Crippen LogP contribution in [0.1, 0.15) is 28.9 Å². The highest BCUT2D eigenvalue weighted by molar-refractivity contribution is 6.06. The minimum atomic E-state index is -0.960. The minimum absolute atomic E-state index is 0.0614. The molecule has 6 heteroatoms. The fourth-order valence-electron chi connectivity index (χ4n) is 3.85. The van der Waals surface area contributed by atoms with Gasteiger partial charge in [-0.1, -0.05) is 6.07 Å². The maximum atomic E-state index is 12.0. The molecule has 3 aromatic rings. The first-order valence-electron chi connectivity index (χ1n) is 8.76. The summed E-state index contributed by atoms with van der Waals surface area (Å²) in [6.07, 6.45) is 5.67. The van der Waals surface area contributed by atoms with E-state index in [4.69, 9.17) is 0 Å². The summed E-state index contributed by atoms with van der Waals surface area (Å²) in [6.45, 7) is 2.59. The molecule has 3 heterocycles. The maximum absolute atomic E-state index is 12.0.